The molecular formula is C16H18N2O2S. The van der Waals surface area contributed by atoms with Crippen LogP contribution in [0.5, 0.6) is 0 Å². The second kappa shape index (κ2) is 5.95. The highest BCUT2D eigenvalue weighted by Crippen LogP contribution is 2.28. The van der Waals surface area contributed by atoms with E-state index in [0.717, 1.165) is 35.8 Å². The summed E-state index contributed by atoms with van der Waals surface area (Å²) in [5.74, 6) is -0.939. The van der Waals surface area contributed by atoms with E-state index in [0.29, 0.717) is 0 Å². The first-order chi connectivity index (χ1) is 10.1. The molecule has 2 unspecified atom stereocenters. The molecule has 0 saturated carbocycles. The van der Waals surface area contributed by atoms with Gasteiger partial charge in [-0.15, -0.1) is 11.3 Å². The lowest BCUT2D eigenvalue weighted by Crippen LogP contribution is -2.32. The van der Waals surface area contributed by atoms with Crippen molar-refractivity contribution in [3.8, 4) is 10.6 Å². The van der Waals surface area contributed by atoms with Crippen molar-refractivity contribution < 1.29 is 9.90 Å². The highest BCUT2D eigenvalue weighted by Gasteiger charge is 2.35. The normalized spacial score (nSPS) is 22.5. The molecule has 1 aromatic heterocycles. The molecule has 3 rings (SSSR count). The van der Waals surface area contributed by atoms with Crippen molar-refractivity contribution in [1.82, 2.24) is 9.88 Å². The molecule has 0 aliphatic carbocycles. The number of hydrogen-bond donors (Lipinski definition) is 1. The van der Waals surface area contributed by atoms with Gasteiger partial charge in [0.2, 0.25) is 0 Å². The third-order valence-corrected chi connectivity index (χ3v) is 5.08. The van der Waals surface area contributed by atoms with E-state index in [1.54, 1.807) is 11.3 Å². The average molecular weight is 302 g/mol. The van der Waals surface area contributed by atoms with Crippen LogP contribution in [-0.4, -0.2) is 33.5 Å². The van der Waals surface area contributed by atoms with Gasteiger partial charge in [0.25, 0.3) is 0 Å². The van der Waals surface area contributed by atoms with Gasteiger partial charge in [-0.25, -0.2) is 4.98 Å². The van der Waals surface area contributed by atoms with Crippen LogP contribution >= 0.6 is 11.3 Å². The summed E-state index contributed by atoms with van der Waals surface area (Å²) in [6.07, 6.45) is 0.728. The molecule has 0 bridgehead atoms. The van der Waals surface area contributed by atoms with Gasteiger partial charge in [-0.1, -0.05) is 30.3 Å². The lowest BCUT2D eigenvalue weighted by Gasteiger charge is -2.21. The van der Waals surface area contributed by atoms with Gasteiger partial charge in [0.1, 0.15) is 5.01 Å². The number of carboxylic acid groups (broad SMARTS) is 1. The van der Waals surface area contributed by atoms with Gasteiger partial charge in [0.05, 0.1) is 11.6 Å². The molecule has 0 radical (unpaired) electrons. The standard InChI is InChI=1S/C16H18N2O2S/c1-11-14(16(19)20)7-8-18(11)9-13-10-21-15(17-13)12-5-3-2-4-6-12/h2-6,10-11,14H,7-9H2,1H3,(H,19,20). The van der Waals surface area contributed by atoms with Gasteiger partial charge in [0.15, 0.2) is 0 Å². The molecule has 2 atom stereocenters. The number of benzene rings is 1. The summed E-state index contributed by atoms with van der Waals surface area (Å²) in [6.45, 7) is 3.56. The largest absolute Gasteiger partial charge is 0.481 e. The third-order valence-electron chi connectivity index (χ3n) is 4.14. The minimum Gasteiger partial charge on any atom is -0.481 e. The fourth-order valence-electron chi connectivity index (χ4n) is 2.86. The molecule has 110 valence electrons. The van der Waals surface area contributed by atoms with Crippen molar-refractivity contribution in [2.75, 3.05) is 6.54 Å². The van der Waals surface area contributed by atoms with E-state index in [2.05, 4.69) is 27.4 Å². The van der Waals surface area contributed by atoms with E-state index in [4.69, 9.17) is 0 Å². The average Bonchev–Trinajstić information content (AvgIpc) is 3.08. The Morgan fingerprint density at radius 2 is 2.19 bits per heavy atom. The van der Waals surface area contributed by atoms with Gasteiger partial charge >= 0.3 is 5.97 Å². The number of likely N-dealkylation sites (tertiary alicyclic amines) is 1. The van der Waals surface area contributed by atoms with Gasteiger partial charge in [-0.2, -0.15) is 0 Å². The zero-order valence-corrected chi connectivity index (χ0v) is 12.7. The molecule has 1 aliphatic heterocycles. The van der Waals surface area contributed by atoms with Crippen LogP contribution in [-0.2, 0) is 11.3 Å². The SMILES string of the molecule is CC1C(C(=O)O)CCN1Cc1csc(-c2ccccc2)n1. The smallest absolute Gasteiger partial charge is 0.308 e. The highest BCUT2D eigenvalue weighted by molar-refractivity contribution is 7.13. The number of thiazole rings is 1. The monoisotopic (exact) mass is 302 g/mol. The Hall–Kier alpha value is -1.72. The van der Waals surface area contributed by atoms with Crippen molar-refractivity contribution >= 4 is 17.3 Å². The Morgan fingerprint density at radius 1 is 1.43 bits per heavy atom. The van der Waals surface area contributed by atoms with Crippen molar-refractivity contribution in [2.24, 2.45) is 5.92 Å². The van der Waals surface area contributed by atoms with E-state index < -0.39 is 5.97 Å². The van der Waals surface area contributed by atoms with E-state index in [1.165, 1.54) is 0 Å². The molecule has 2 heterocycles. The molecule has 2 aromatic rings. The summed E-state index contributed by atoms with van der Waals surface area (Å²) < 4.78 is 0. The second-order valence-corrected chi connectivity index (χ2v) is 6.31. The molecule has 5 heteroatoms. The minimum absolute atomic E-state index is 0.0735. The van der Waals surface area contributed by atoms with E-state index in [-0.39, 0.29) is 12.0 Å². The van der Waals surface area contributed by atoms with Crippen molar-refractivity contribution in [2.45, 2.75) is 25.9 Å². The van der Waals surface area contributed by atoms with Crippen molar-refractivity contribution in [3.05, 3.63) is 41.4 Å². The van der Waals surface area contributed by atoms with Gasteiger partial charge in [-0.05, 0) is 19.9 Å². The molecule has 1 saturated heterocycles. The highest BCUT2D eigenvalue weighted by atomic mass is 32.1. The topological polar surface area (TPSA) is 53.4 Å². The first-order valence-electron chi connectivity index (χ1n) is 7.12. The van der Waals surface area contributed by atoms with Crippen LogP contribution in [0.1, 0.15) is 19.0 Å². The summed E-state index contributed by atoms with van der Waals surface area (Å²) in [5.41, 5.74) is 2.16. The molecule has 1 fully saturated rings. The lowest BCUT2D eigenvalue weighted by molar-refractivity contribution is -0.142. The predicted molar refractivity (Wildman–Crippen MR) is 83.2 cm³/mol. The number of aliphatic carboxylic acids is 1. The van der Waals surface area contributed by atoms with Crippen LogP contribution in [0.2, 0.25) is 0 Å². The Balaban J connectivity index is 1.70. The number of aromatic nitrogens is 1. The van der Waals surface area contributed by atoms with Crippen LogP contribution in [0.4, 0.5) is 0 Å². The van der Waals surface area contributed by atoms with E-state index >= 15 is 0 Å². The summed E-state index contributed by atoms with van der Waals surface area (Å²) in [4.78, 5) is 18.0. The molecule has 1 N–H and O–H groups in total. The number of nitrogens with zero attached hydrogens (tertiary/aromatic N) is 2. The molecule has 21 heavy (non-hydrogen) atoms. The van der Waals surface area contributed by atoms with Crippen molar-refractivity contribution in [3.63, 3.8) is 0 Å². The van der Waals surface area contributed by atoms with Gasteiger partial charge < -0.3 is 5.11 Å². The van der Waals surface area contributed by atoms with Gasteiger partial charge in [-0.3, -0.25) is 9.69 Å². The first-order valence-corrected chi connectivity index (χ1v) is 8.00. The van der Waals surface area contributed by atoms with Crippen LogP contribution in [0.25, 0.3) is 10.6 Å². The van der Waals surface area contributed by atoms with Crippen LogP contribution in [0, 0.1) is 5.92 Å². The lowest BCUT2D eigenvalue weighted by atomic mass is 10.0. The van der Waals surface area contributed by atoms with Crippen LogP contribution < -0.4 is 0 Å². The first kappa shape index (κ1) is 14.2. The molecule has 0 amide bonds. The minimum atomic E-state index is -0.687. The fourth-order valence-corrected chi connectivity index (χ4v) is 3.68. The Morgan fingerprint density at radius 3 is 2.86 bits per heavy atom. The molecule has 1 aromatic carbocycles. The Kier molecular flexibility index (Phi) is 4.03. The van der Waals surface area contributed by atoms with E-state index in [9.17, 15) is 9.90 Å². The number of rotatable bonds is 4. The molecule has 0 spiro atoms. The molecule has 4 nitrogen and oxygen atoms in total. The van der Waals surface area contributed by atoms with Crippen LogP contribution in [0.15, 0.2) is 35.7 Å². The van der Waals surface area contributed by atoms with E-state index in [1.807, 2.05) is 25.1 Å². The quantitative estimate of drug-likeness (QED) is 0.943. The summed E-state index contributed by atoms with van der Waals surface area (Å²) in [5, 5.41) is 12.3. The van der Waals surface area contributed by atoms with Crippen LogP contribution in [0.3, 0.4) is 0 Å². The predicted octanol–water partition coefficient (Wildman–Crippen LogP) is 3.11. The maximum atomic E-state index is 11.2. The van der Waals surface area contributed by atoms with Crippen molar-refractivity contribution in [1.29, 1.82) is 0 Å². The summed E-state index contributed by atoms with van der Waals surface area (Å²) >= 11 is 1.64. The maximum Gasteiger partial charge on any atom is 0.308 e. The number of carboxylic acids is 1. The molecular weight excluding hydrogens is 284 g/mol. The summed E-state index contributed by atoms with van der Waals surface area (Å²) in [6, 6.07) is 10.2. The van der Waals surface area contributed by atoms with Gasteiger partial charge in [0, 0.05) is 23.5 Å². The number of carbonyl (C=O) groups is 1. The zero-order valence-electron chi connectivity index (χ0n) is 11.9. The Labute approximate surface area is 128 Å². The fraction of sp³-hybridized carbons (Fsp3) is 0.375. The Bertz CT molecular complexity index is 626. The number of hydrogen-bond acceptors (Lipinski definition) is 4. The summed E-state index contributed by atoms with van der Waals surface area (Å²) in [7, 11) is 0. The maximum absolute atomic E-state index is 11.2. The molecule has 1 aliphatic rings. The zero-order chi connectivity index (χ0) is 14.8. The second-order valence-electron chi connectivity index (χ2n) is 5.45. The third kappa shape index (κ3) is 2.99.